The molecular formula is C33H35F3N8O2. The number of alkyl halides is 3. The van der Waals surface area contributed by atoms with Gasteiger partial charge >= 0.3 is 6.18 Å². The summed E-state index contributed by atoms with van der Waals surface area (Å²) >= 11 is 0. The van der Waals surface area contributed by atoms with Gasteiger partial charge in [-0.3, -0.25) is 14.3 Å². The van der Waals surface area contributed by atoms with Gasteiger partial charge in [0.25, 0.3) is 5.91 Å². The van der Waals surface area contributed by atoms with Gasteiger partial charge in [0.15, 0.2) is 0 Å². The van der Waals surface area contributed by atoms with Crippen LogP contribution in [0.25, 0.3) is 22.2 Å². The second kappa shape index (κ2) is 13.3. The van der Waals surface area contributed by atoms with Crippen molar-refractivity contribution in [3.63, 3.8) is 0 Å². The molecule has 2 amide bonds. The summed E-state index contributed by atoms with van der Waals surface area (Å²) in [7, 11) is 0. The zero-order chi connectivity index (χ0) is 32.3. The number of nitrogens with zero attached hydrogens (tertiary/aromatic N) is 4. The van der Waals surface area contributed by atoms with E-state index in [4.69, 9.17) is 10.8 Å². The smallest absolute Gasteiger partial charge is 0.383 e. The average Bonchev–Trinajstić information content (AvgIpc) is 3.45. The number of fused-ring (bicyclic) bond motifs is 3. The summed E-state index contributed by atoms with van der Waals surface area (Å²) in [6, 6.07) is 8.34. The van der Waals surface area contributed by atoms with Gasteiger partial charge in [0.1, 0.15) is 17.3 Å². The fourth-order valence-corrected chi connectivity index (χ4v) is 6.19. The summed E-state index contributed by atoms with van der Waals surface area (Å²) in [4.78, 5) is 33.9. The van der Waals surface area contributed by atoms with E-state index in [0.29, 0.717) is 41.8 Å². The van der Waals surface area contributed by atoms with E-state index in [2.05, 4.69) is 38.1 Å². The molecule has 1 aliphatic heterocycles. The molecule has 2 bridgehead atoms. The number of hydrogen-bond acceptors (Lipinski definition) is 7. The highest BCUT2D eigenvalue weighted by molar-refractivity contribution is 6.05. The standard InChI is InChI=1S/C33H35F3N8O2/c34-33(35,36)23-13-16-39-26(17-23)42-32(46)21-11-9-20(10-12-21)29-28-30-22(19-40-31(28)37)5-1-2-14-38-15-4-8-27(45)41-24-6-3-7-25(18-24)44(30)43-29/h1-2,9-13,16-17,19,24-25,38H,3-8,14-15,18H2,(H2,37,40)(H,41,45)(H,39,42,46)/b2-1+/t24-,25-/m1/s1. The van der Waals surface area contributed by atoms with E-state index in [1.165, 1.54) is 0 Å². The largest absolute Gasteiger partial charge is 0.416 e. The molecule has 4 aromatic rings. The lowest BCUT2D eigenvalue weighted by Crippen LogP contribution is -2.39. The van der Waals surface area contributed by atoms with Gasteiger partial charge in [-0.05, 0) is 69.3 Å². The summed E-state index contributed by atoms with van der Waals surface area (Å²) in [6.07, 6.45) is 7.74. The first-order chi connectivity index (χ1) is 22.2. The first-order valence-electron chi connectivity index (χ1n) is 15.4. The van der Waals surface area contributed by atoms with Crippen LogP contribution in [-0.2, 0) is 17.4 Å². The molecule has 2 aliphatic rings. The fourth-order valence-electron chi connectivity index (χ4n) is 6.19. The average molecular weight is 633 g/mol. The van der Waals surface area contributed by atoms with E-state index < -0.39 is 17.6 Å². The van der Waals surface area contributed by atoms with E-state index in [0.717, 1.165) is 68.1 Å². The number of carbonyl (C=O) groups is 2. The molecule has 4 heterocycles. The SMILES string of the molecule is Nc1ncc2c3c1c(-c1ccc(C(=O)Nc4cc(C(F)(F)F)ccn4)cc1)nn3[C@@H]1CCC[C@H](C1)NC(=O)CCCNC/C=C/C2. The van der Waals surface area contributed by atoms with Crippen molar-refractivity contribution < 1.29 is 22.8 Å². The lowest BCUT2D eigenvalue weighted by atomic mass is 9.90. The quantitative estimate of drug-likeness (QED) is 0.221. The molecular weight excluding hydrogens is 597 g/mol. The topological polar surface area (TPSA) is 140 Å². The maximum absolute atomic E-state index is 13.1. The van der Waals surface area contributed by atoms with Crippen molar-refractivity contribution in [3.8, 4) is 11.3 Å². The van der Waals surface area contributed by atoms with Crippen LogP contribution in [0.3, 0.4) is 0 Å². The molecule has 0 radical (unpaired) electrons. The van der Waals surface area contributed by atoms with Crippen molar-refractivity contribution in [1.29, 1.82) is 0 Å². The molecule has 1 aromatic carbocycles. The van der Waals surface area contributed by atoms with Gasteiger partial charge in [-0.25, -0.2) is 9.97 Å². The lowest BCUT2D eigenvalue weighted by molar-refractivity contribution is -0.137. The van der Waals surface area contributed by atoms with E-state index in [1.54, 1.807) is 30.5 Å². The third kappa shape index (κ3) is 6.89. The first kappa shape index (κ1) is 31.2. The maximum Gasteiger partial charge on any atom is 0.416 e. The summed E-state index contributed by atoms with van der Waals surface area (Å²) < 4.78 is 41.4. The van der Waals surface area contributed by atoms with Crippen molar-refractivity contribution in [2.75, 3.05) is 24.1 Å². The predicted octanol–water partition coefficient (Wildman–Crippen LogP) is 5.43. The Kier molecular flexibility index (Phi) is 9.02. The molecule has 10 nitrogen and oxygen atoms in total. The maximum atomic E-state index is 13.1. The Morgan fingerprint density at radius 3 is 2.70 bits per heavy atom. The Bertz CT molecular complexity index is 1770. The number of nitrogens with one attached hydrogen (secondary N) is 3. The molecule has 3 aromatic heterocycles. The molecule has 240 valence electrons. The number of hydrogen-bond donors (Lipinski definition) is 4. The van der Waals surface area contributed by atoms with Crippen LogP contribution >= 0.6 is 0 Å². The van der Waals surface area contributed by atoms with E-state index >= 15 is 0 Å². The molecule has 46 heavy (non-hydrogen) atoms. The molecule has 0 saturated heterocycles. The molecule has 1 fully saturated rings. The Hall–Kier alpha value is -4.78. The molecule has 0 unspecified atom stereocenters. The molecule has 6 rings (SSSR count). The number of carbonyl (C=O) groups excluding carboxylic acids is 2. The van der Waals surface area contributed by atoms with Gasteiger partial charge in [-0.15, -0.1) is 0 Å². The molecule has 0 spiro atoms. The van der Waals surface area contributed by atoms with Crippen molar-refractivity contribution >= 4 is 34.4 Å². The number of benzene rings is 1. The molecule has 2 atom stereocenters. The Morgan fingerprint density at radius 2 is 1.89 bits per heavy atom. The Morgan fingerprint density at radius 1 is 1.07 bits per heavy atom. The molecule has 1 saturated carbocycles. The van der Waals surface area contributed by atoms with Crippen LogP contribution in [0.1, 0.15) is 66.1 Å². The van der Waals surface area contributed by atoms with Crippen LogP contribution < -0.4 is 21.7 Å². The third-order valence-corrected chi connectivity index (χ3v) is 8.46. The predicted molar refractivity (Wildman–Crippen MR) is 169 cm³/mol. The van der Waals surface area contributed by atoms with Crippen LogP contribution in [0, 0.1) is 0 Å². The van der Waals surface area contributed by atoms with Gasteiger partial charge in [-0.1, -0.05) is 24.3 Å². The van der Waals surface area contributed by atoms with Gasteiger partial charge < -0.3 is 21.7 Å². The van der Waals surface area contributed by atoms with Crippen molar-refractivity contribution in [2.24, 2.45) is 0 Å². The number of nitrogens with two attached hydrogens (primary N) is 1. The molecule has 5 N–H and O–H groups in total. The zero-order valence-corrected chi connectivity index (χ0v) is 25.1. The van der Waals surface area contributed by atoms with Crippen LogP contribution in [0.15, 0.2) is 60.9 Å². The highest BCUT2D eigenvalue weighted by Crippen LogP contribution is 2.39. The number of anilines is 2. The summed E-state index contributed by atoms with van der Waals surface area (Å²) in [5.74, 6) is -0.410. The normalized spacial score (nSPS) is 20.2. The van der Waals surface area contributed by atoms with Crippen LogP contribution in [0.2, 0.25) is 0 Å². The number of aromatic nitrogens is 4. The minimum absolute atomic E-state index is 0.0272. The number of allylic oxidation sites excluding steroid dienone is 1. The number of halogens is 3. The number of nitrogen functional groups attached to an aromatic ring is 1. The van der Waals surface area contributed by atoms with Gasteiger partial charge in [0, 0.05) is 48.1 Å². The summed E-state index contributed by atoms with van der Waals surface area (Å²) in [5, 5.41) is 14.8. The van der Waals surface area contributed by atoms with Crippen molar-refractivity contribution in [2.45, 2.75) is 63.2 Å². The Labute approximate surface area is 263 Å². The number of rotatable bonds is 3. The van der Waals surface area contributed by atoms with Crippen LogP contribution in [0.5, 0.6) is 0 Å². The summed E-state index contributed by atoms with van der Waals surface area (Å²) in [6.45, 7) is 1.45. The first-order valence-corrected chi connectivity index (χ1v) is 15.4. The second-order valence-electron chi connectivity index (χ2n) is 11.7. The fraction of sp³-hybridized carbons (Fsp3) is 0.364. The third-order valence-electron chi connectivity index (χ3n) is 8.46. The summed E-state index contributed by atoms with van der Waals surface area (Å²) in [5.41, 5.74) is 9.02. The Balaban J connectivity index is 1.34. The van der Waals surface area contributed by atoms with Crippen molar-refractivity contribution in [3.05, 3.63) is 77.6 Å². The number of pyridine rings is 2. The van der Waals surface area contributed by atoms with Crippen molar-refractivity contribution in [1.82, 2.24) is 30.4 Å². The zero-order valence-electron chi connectivity index (χ0n) is 25.1. The second-order valence-corrected chi connectivity index (χ2v) is 11.7. The highest BCUT2D eigenvalue weighted by Gasteiger charge is 2.31. The van der Waals surface area contributed by atoms with Gasteiger partial charge in [-0.2, -0.15) is 18.3 Å². The van der Waals surface area contributed by atoms with E-state index in [9.17, 15) is 22.8 Å². The van der Waals surface area contributed by atoms with Crippen LogP contribution in [0.4, 0.5) is 24.8 Å². The van der Waals surface area contributed by atoms with Crippen LogP contribution in [-0.4, -0.2) is 50.7 Å². The van der Waals surface area contributed by atoms with E-state index in [-0.39, 0.29) is 29.4 Å². The minimum atomic E-state index is -4.56. The molecule has 13 heteroatoms. The number of amides is 2. The monoisotopic (exact) mass is 632 g/mol. The van der Waals surface area contributed by atoms with E-state index in [1.807, 2.05) is 4.68 Å². The minimum Gasteiger partial charge on any atom is -0.383 e. The molecule has 1 aliphatic carbocycles. The van der Waals surface area contributed by atoms with Gasteiger partial charge in [0.05, 0.1) is 22.5 Å². The lowest BCUT2D eigenvalue weighted by Gasteiger charge is -2.30. The highest BCUT2D eigenvalue weighted by atomic mass is 19.4. The van der Waals surface area contributed by atoms with Gasteiger partial charge in [0.2, 0.25) is 5.91 Å².